The first-order valence-corrected chi connectivity index (χ1v) is 5.53. The van der Waals surface area contributed by atoms with E-state index in [4.69, 9.17) is 0 Å². The fraction of sp³-hybridized carbons (Fsp3) is 0.125. The highest BCUT2D eigenvalue weighted by Crippen LogP contribution is 2.32. The Morgan fingerprint density at radius 1 is 1.50 bits per heavy atom. The monoisotopic (exact) mass is 226 g/mol. The van der Waals surface area contributed by atoms with Crippen LogP contribution in [-0.2, 0) is 0 Å². The molecule has 0 aliphatic rings. The summed E-state index contributed by atoms with van der Waals surface area (Å²) in [4.78, 5) is 15.2. The van der Waals surface area contributed by atoms with Gasteiger partial charge in [-0.05, 0) is 13.0 Å². The Hall–Kier alpha value is -1.27. The molecule has 0 unspecified atom stereocenters. The molecule has 4 nitrogen and oxygen atoms in total. The smallest absolute Gasteiger partial charge is 0.258 e. The Morgan fingerprint density at radius 3 is 2.79 bits per heavy atom. The second-order valence-electron chi connectivity index (χ2n) is 2.65. The van der Waals surface area contributed by atoms with Crippen molar-refractivity contribution in [1.29, 1.82) is 0 Å². The fourth-order valence-electron chi connectivity index (χ4n) is 1.04. The summed E-state index contributed by atoms with van der Waals surface area (Å²) in [6, 6.07) is 3.24. The largest absolute Gasteiger partial charge is 0.324 e. The first kappa shape index (κ1) is 9.29. The number of nitro groups is 1. The summed E-state index contributed by atoms with van der Waals surface area (Å²) >= 11 is 2.70. The minimum Gasteiger partial charge on any atom is -0.258 e. The Kier molecular flexibility index (Phi) is 2.30. The molecule has 14 heavy (non-hydrogen) atoms. The van der Waals surface area contributed by atoms with Crippen molar-refractivity contribution in [1.82, 2.24) is 4.98 Å². The fourth-order valence-corrected chi connectivity index (χ4v) is 2.51. The molecule has 0 amide bonds. The first-order chi connectivity index (χ1) is 6.66. The second-order valence-corrected chi connectivity index (χ2v) is 4.77. The molecule has 6 heteroatoms. The van der Waals surface area contributed by atoms with Crippen LogP contribution in [0, 0.1) is 17.0 Å². The van der Waals surface area contributed by atoms with Gasteiger partial charge >= 0.3 is 5.00 Å². The van der Waals surface area contributed by atoms with Crippen molar-refractivity contribution in [2.45, 2.75) is 6.92 Å². The average Bonchev–Trinajstić information content (AvgIpc) is 2.70. The van der Waals surface area contributed by atoms with Gasteiger partial charge in [0.15, 0.2) is 0 Å². The van der Waals surface area contributed by atoms with Gasteiger partial charge in [-0.15, -0.1) is 11.3 Å². The van der Waals surface area contributed by atoms with Crippen molar-refractivity contribution in [2.24, 2.45) is 0 Å². The van der Waals surface area contributed by atoms with E-state index < -0.39 is 0 Å². The maximum Gasteiger partial charge on any atom is 0.324 e. The third-order valence-corrected chi connectivity index (χ3v) is 3.48. The summed E-state index contributed by atoms with van der Waals surface area (Å²) in [5, 5.41) is 13.5. The molecular formula is C8H6N2O2S2. The van der Waals surface area contributed by atoms with Crippen LogP contribution in [0.5, 0.6) is 0 Å². The molecule has 0 spiro atoms. The van der Waals surface area contributed by atoms with E-state index in [1.54, 1.807) is 17.4 Å². The molecule has 2 aromatic heterocycles. The number of aryl methyl sites for hydroxylation is 1. The average molecular weight is 226 g/mol. The van der Waals surface area contributed by atoms with Crippen LogP contribution in [0.25, 0.3) is 10.6 Å². The highest BCUT2D eigenvalue weighted by Gasteiger charge is 2.12. The molecule has 72 valence electrons. The molecule has 0 aliphatic carbocycles. The van der Waals surface area contributed by atoms with Gasteiger partial charge in [0.05, 0.1) is 20.5 Å². The van der Waals surface area contributed by atoms with E-state index in [-0.39, 0.29) is 9.92 Å². The normalized spacial score (nSPS) is 10.4. The van der Waals surface area contributed by atoms with E-state index in [2.05, 4.69) is 4.98 Å². The van der Waals surface area contributed by atoms with Crippen LogP contribution in [0.4, 0.5) is 5.00 Å². The van der Waals surface area contributed by atoms with Gasteiger partial charge in [-0.2, -0.15) is 0 Å². The minimum atomic E-state index is -0.382. The zero-order valence-corrected chi connectivity index (χ0v) is 8.89. The lowest BCUT2D eigenvalue weighted by Gasteiger charge is -1.85. The summed E-state index contributed by atoms with van der Waals surface area (Å²) in [6.45, 7) is 1.91. The van der Waals surface area contributed by atoms with Gasteiger partial charge in [-0.1, -0.05) is 11.3 Å². The van der Waals surface area contributed by atoms with Crippen LogP contribution in [-0.4, -0.2) is 9.91 Å². The molecular weight excluding hydrogens is 220 g/mol. The van der Waals surface area contributed by atoms with Crippen molar-refractivity contribution in [3.8, 4) is 10.6 Å². The molecule has 0 radical (unpaired) electrons. The van der Waals surface area contributed by atoms with Gasteiger partial charge in [-0.3, -0.25) is 10.1 Å². The Balaban J connectivity index is 2.38. The molecule has 0 aliphatic heterocycles. The molecule has 0 fully saturated rings. The number of thiophene rings is 1. The summed E-state index contributed by atoms with van der Waals surface area (Å²) in [5.74, 6) is 0. The van der Waals surface area contributed by atoms with Gasteiger partial charge < -0.3 is 0 Å². The zero-order valence-electron chi connectivity index (χ0n) is 7.26. The zero-order chi connectivity index (χ0) is 10.1. The second kappa shape index (κ2) is 3.47. The summed E-state index contributed by atoms with van der Waals surface area (Å²) in [7, 11) is 0. The molecule has 2 aromatic rings. The molecule has 2 heterocycles. The number of hydrogen-bond acceptors (Lipinski definition) is 5. The Labute approximate surface area is 88.0 Å². The van der Waals surface area contributed by atoms with Crippen LogP contribution in [0.15, 0.2) is 17.5 Å². The Bertz CT molecular complexity index is 475. The Morgan fingerprint density at radius 2 is 2.29 bits per heavy atom. The maximum atomic E-state index is 10.4. The molecule has 0 saturated carbocycles. The van der Waals surface area contributed by atoms with Gasteiger partial charge in [0, 0.05) is 11.4 Å². The van der Waals surface area contributed by atoms with E-state index in [0.717, 1.165) is 26.9 Å². The van der Waals surface area contributed by atoms with E-state index in [1.807, 2.05) is 12.3 Å². The van der Waals surface area contributed by atoms with Crippen molar-refractivity contribution in [3.05, 3.63) is 32.6 Å². The van der Waals surface area contributed by atoms with Crippen molar-refractivity contribution >= 4 is 27.7 Å². The molecule has 0 saturated heterocycles. The number of aromatic nitrogens is 1. The van der Waals surface area contributed by atoms with Crippen LogP contribution in [0.1, 0.15) is 5.01 Å². The summed E-state index contributed by atoms with van der Waals surface area (Å²) < 4.78 is 0. The number of nitrogens with zero attached hydrogens (tertiary/aromatic N) is 2. The number of rotatable bonds is 2. The van der Waals surface area contributed by atoms with Crippen LogP contribution < -0.4 is 0 Å². The lowest BCUT2D eigenvalue weighted by atomic mass is 10.4. The molecule has 0 bridgehead atoms. The third kappa shape index (κ3) is 1.66. The van der Waals surface area contributed by atoms with Gasteiger partial charge in [-0.25, -0.2) is 4.98 Å². The quantitative estimate of drug-likeness (QED) is 0.584. The van der Waals surface area contributed by atoms with Gasteiger partial charge in [0.2, 0.25) is 0 Å². The number of thiazole rings is 1. The van der Waals surface area contributed by atoms with E-state index in [1.165, 1.54) is 6.07 Å². The SMILES string of the molecule is Cc1nc(-c2ccc([N+](=O)[O-])s2)cs1. The van der Waals surface area contributed by atoms with Gasteiger partial charge in [0.1, 0.15) is 0 Å². The highest BCUT2D eigenvalue weighted by molar-refractivity contribution is 7.19. The topological polar surface area (TPSA) is 56.0 Å². The van der Waals surface area contributed by atoms with E-state index in [0.29, 0.717) is 0 Å². The molecule has 2 rings (SSSR count). The standard InChI is InChI=1S/C8H6N2O2S2/c1-5-9-6(4-13-5)7-2-3-8(14-7)10(11)12/h2-4H,1H3. The maximum absolute atomic E-state index is 10.4. The van der Waals surface area contributed by atoms with Crippen molar-refractivity contribution < 1.29 is 4.92 Å². The van der Waals surface area contributed by atoms with Crippen LogP contribution in [0.3, 0.4) is 0 Å². The minimum absolute atomic E-state index is 0.158. The van der Waals surface area contributed by atoms with Crippen LogP contribution in [0.2, 0.25) is 0 Å². The van der Waals surface area contributed by atoms with Crippen molar-refractivity contribution in [2.75, 3.05) is 0 Å². The predicted octanol–water partition coefficient (Wildman–Crippen LogP) is 3.09. The first-order valence-electron chi connectivity index (χ1n) is 3.83. The van der Waals surface area contributed by atoms with Crippen LogP contribution >= 0.6 is 22.7 Å². The summed E-state index contributed by atoms with van der Waals surface area (Å²) in [5.41, 5.74) is 0.825. The predicted molar refractivity (Wildman–Crippen MR) is 56.8 cm³/mol. The van der Waals surface area contributed by atoms with Crippen molar-refractivity contribution in [3.63, 3.8) is 0 Å². The molecule has 0 N–H and O–H groups in total. The third-order valence-electron chi connectivity index (χ3n) is 1.64. The lowest BCUT2D eigenvalue weighted by molar-refractivity contribution is -0.380. The summed E-state index contributed by atoms with van der Waals surface area (Å²) in [6.07, 6.45) is 0. The van der Waals surface area contributed by atoms with E-state index >= 15 is 0 Å². The number of hydrogen-bond donors (Lipinski definition) is 0. The van der Waals surface area contributed by atoms with E-state index in [9.17, 15) is 10.1 Å². The molecule has 0 atom stereocenters. The highest BCUT2D eigenvalue weighted by atomic mass is 32.1. The van der Waals surface area contributed by atoms with Gasteiger partial charge in [0.25, 0.3) is 0 Å². The lowest BCUT2D eigenvalue weighted by Crippen LogP contribution is -1.80. The molecule has 0 aromatic carbocycles.